The van der Waals surface area contributed by atoms with E-state index in [1.165, 1.54) is 23.9 Å². The van der Waals surface area contributed by atoms with Crippen molar-refractivity contribution in [3.63, 3.8) is 0 Å². The SMILES string of the molecule is CSc1ccc(C(=O)O)c2c(C(=O)O)cccc12. The van der Waals surface area contributed by atoms with Gasteiger partial charge in [-0.15, -0.1) is 11.8 Å². The zero-order valence-corrected chi connectivity index (χ0v) is 10.3. The molecule has 0 unspecified atom stereocenters. The summed E-state index contributed by atoms with van der Waals surface area (Å²) in [4.78, 5) is 23.2. The summed E-state index contributed by atoms with van der Waals surface area (Å²) < 4.78 is 0. The van der Waals surface area contributed by atoms with E-state index in [9.17, 15) is 9.59 Å². The molecule has 0 aliphatic heterocycles. The topological polar surface area (TPSA) is 74.6 Å². The fourth-order valence-corrected chi connectivity index (χ4v) is 2.51. The van der Waals surface area contributed by atoms with Gasteiger partial charge in [-0.3, -0.25) is 0 Å². The van der Waals surface area contributed by atoms with Gasteiger partial charge in [-0.05, 0) is 29.8 Å². The van der Waals surface area contributed by atoms with Crippen molar-refractivity contribution in [1.29, 1.82) is 0 Å². The number of rotatable bonds is 3. The summed E-state index contributed by atoms with van der Waals surface area (Å²) in [5.74, 6) is -2.25. The third-order valence-electron chi connectivity index (χ3n) is 2.68. The Balaban J connectivity index is 2.96. The van der Waals surface area contributed by atoms with Crippen LogP contribution >= 0.6 is 11.8 Å². The van der Waals surface area contributed by atoms with Crippen LogP contribution in [0.15, 0.2) is 35.2 Å². The lowest BCUT2D eigenvalue weighted by atomic mass is 9.99. The first kappa shape index (κ1) is 12.4. The first-order valence-electron chi connectivity index (χ1n) is 5.12. The van der Waals surface area contributed by atoms with Crippen LogP contribution in [0.5, 0.6) is 0 Å². The molecule has 2 N–H and O–H groups in total. The average molecular weight is 262 g/mol. The van der Waals surface area contributed by atoms with E-state index in [0.717, 1.165) is 4.90 Å². The van der Waals surface area contributed by atoms with Crippen molar-refractivity contribution in [2.75, 3.05) is 6.26 Å². The van der Waals surface area contributed by atoms with Gasteiger partial charge >= 0.3 is 11.9 Å². The molecule has 0 saturated carbocycles. The van der Waals surface area contributed by atoms with Gasteiger partial charge in [-0.25, -0.2) is 9.59 Å². The molecule has 92 valence electrons. The molecule has 0 amide bonds. The molecule has 0 aromatic heterocycles. The Hall–Kier alpha value is -2.01. The summed E-state index contributed by atoms with van der Waals surface area (Å²) in [7, 11) is 0. The third-order valence-corrected chi connectivity index (χ3v) is 3.48. The number of hydrogen-bond donors (Lipinski definition) is 2. The van der Waals surface area contributed by atoms with Crippen molar-refractivity contribution in [2.45, 2.75) is 4.90 Å². The average Bonchev–Trinajstić information content (AvgIpc) is 2.36. The first-order valence-corrected chi connectivity index (χ1v) is 6.35. The monoisotopic (exact) mass is 262 g/mol. The second kappa shape index (κ2) is 4.70. The third kappa shape index (κ3) is 1.93. The van der Waals surface area contributed by atoms with Gasteiger partial charge in [0.05, 0.1) is 11.1 Å². The zero-order chi connectivity index (χ0) is 13.3. The van der Waals surface area contributed by atoms with Crippen LogP contribution in [0.25, 0.3) is 10.8 Å². The molecule has 0 aliphatic rings. The highest BCUT2D eigenvalue weighted by molar-refractivity contribution is 7.98. The van der Waals surface area contributed by atoms with Crippen LogP contribution in [0.2, 0.25) is 0 Å². The van der Waals surface area contributed by atoms with Crippen molar-refractivity contribution < 1.29 is 19.8 Å². The van der Waals surface area contributed by atoms with Crippen LogP contribution in [0.3, 0.4) is 0 Å². The largest absolute Gasteiger partial charge is 0.478 e. The number of thioether (sulfide) groups is 1. The number of benzene rings is 2. The summed E-state index contributed by atoms with van der Waals surface area (Å²) >= 11 is 1.45. The molecule has 0 aliphatic carbocycles. The standard InChI is InChI=1S/C13H10O4S/c1-18-10-6-5-9(13(16)17)11-7(10)3-2-4-8(11)12(14)15/h2-6H,1H3,(H,14,15)(H,16,17). The maximum atomic E-state index is 11.2. The van der Waals surface area contributed by atoms with E-state index in [1.54, 1.807) is 18.2 Å². The Morgan fingerprint density at radius 1 is 1.00 bits per heavy atom. The molecule has 0 radical (unpaired) electrons. The Kier molecular flexibility index (Phi) is 3.25. The lowest BCUT2D eigenvalue weighted by Crippen LogP contribution is -2.04. The molecule has 0 atom stereocenters. The van der Waals surface area contributed by atoms with Crippen molar-refractivity contribution in [3.05, 3.63) is 41.5 Å². The fourth-order valence-electron chi connectivity index (χ4n) is 1.91. The van der Waals surface area contributed by atoms with E-state index in [-0.39, 0.29) is 16.5 Å². The molecule has 2 aromatic rings. The van der Waals surface area contributed by atoms with Crippen LogP contribution in [0.4, 0.5) is 0 Å². The van der Waals surface area contributed by atoms with Gasteiger partial charge < -0.3 is 10.2 Å². The van der Waals surface area contributed by atoms with Crippen LogP contribution in [-0.2, 0) is 0 Å². The van der Waals surface area contributed by atoms with Crippen LogP contribution in [0.1, 0.15) is 20.7 Å². The van der Waals surface area contributed by atoms with Gasteiger partial charge in [0.15, 0.2) is 0 Å². The number of carboxylic acids is 2. The van der Waals surface area contributed by atoms with Gasteiger partial charge in [-0.1, -0.05) is 12.1 Å². The van der Waals surface area contributed by atoms with Gasteiger partial charge in [0.1, 0.15) is 0 Å². The summed E-state index contributed by atoms with van der Waals surface area (Å²) in [5.41, 5.74) is 0.0293. The van der Waals surface area contributed by atoms with E-state index < -0.39 is 11.9 Å². The van der Waals surface area contributed by atoms with Crippen molar-refractivity contribution in [3.8, 4) is 0 Å². The van der Waals surface area contributed by atoms with Crippen molar-refractivity contribution >= 4 is 34.5 Å². The van der Waals surface area contributed by atoms with Gasteiger partial charge in [0.25, 0.3) is 0 Å². The molecule has 0 heterocycles. The quantitative estimate of drug-likeness (QED) is 0.832. The van der Waals surface area contributed by atoms with Crippen molar-refractivity contribution in [2.24, 2.45) is 0 Å². The van der Waals surface area contributed by atoms with E-state index in [0.29, 0.717) is 5.39 Å². The molecular formula is C13H10O4S. The van der Waals surface area contributed by atoms with E-state index >= 15 is 0 Å². The lowest BCUT2D eigenvalue weighted by Gasteiger charge is -2.09. The van der Waals surface area contributed by atoms with E-state index in [4.69, 9.17) is 10.2 Å². The molecule has 2 rings (SSSR count). The summed E-state index contributed by atoms with van der Waals surface area (Å²) in [6.45, 7) is 0. The van der Waals surface area contributed by atoms with Crippen LogP contribution in [0, 0.1) is 0 Å². The maximum Gasteiger partial charge on any atom is 0.336 e. The van der Waals surface area contributed by atoms with Crippen LogP contribution in [-0.4, -0.2) is 28.4 Å². The van der Waals surface area contributed by atoms with Gasteiger partial charge in [0.2, 0.25) is 0 Å². The minimum absolute atomic E-state index is 0.0146. The second-order valence-corrected chi connectivity index (χ2v) is 4.50. The number of hydrogen-bond acceptors (Lipinski definition) is 3. The summed E-state index contributed by atoms with van der Waals surface area (Å²) in [6, 6.07) is 7.92. The predicted octanol–water partition coefficient (Wildman–Crippen LogP) is 2.96. The molecular weight excluding hydrogens is 252 g/mol. The number of fused-ring (bicyclic) bond motifs is 1. The smallest absolute Gasteiger partial charge is 0.336 e. The molecule has 0 fully saturated rings. The predicted molar refractivity (Wildman–Crippen MR) is 69.6 cm³/mol. The highest BCUT2D eigenvalue weighted by Crippen LogP contribution is 2.31. The van der Waals surface area contributed by atoms with E-state index in [1.807, 2.05) is 6.26 Å². The highest BCUT2D eigenvalue weighted by Gasteiger charge is 2.17. The van der Waals surface area contributed by atoms with Crippen LogP contribution < -0.4 is 0 Å². The minimum atomic E-state index is -1.12. The Morgan fingerprint density at radius 3 is 2.17 bits per heavy atom. The molecule has 2 aromatic carbocycles. The number of carbonyl (C=O) groups is 2. The first-order chi connectivity index (χ1) is 8.56. The lowest BCUT2D eigenvalue weighted by molar-refractivity contribution is 0.0695. The fraction of sp³-hybridized carbons (Fsp3) is 0.0769. The van der Waals surface area contributed by atoms with Gasteiger partial charge in [-0.2, -0.15) is 0 Å². The number of carboxylic acid groups (broad SMARTS) is 2. The maximum absolute atomic E-state index is 11.2. The summed E-state index contributed by atoms with van der Waals surface area (Å²) in [6.07, 6.45) is 1.86. The number of aromatic carboxylic acids is 2. The summed E-state index contributed by atoms with van der Waals surface area (Å²) in [5, 5.41) is 19.2. The Morgan fingerprint density at radius 2 is 1.61 bits per heavy atom. The Labute approximate surface area is 107 Å². The molecule has 5 heteroatoms. The Bertz CT molecular complexity index is 628. The van der Waals surface area contributed by atoms with Gasteiger partial charge in [0, 0.05) is 10.3 Å². The van der Waals surface area contributed by atoms with Crippen molar-refractivity contribution in [1.82, 2.24) is 0 Å². The zero-order valence-electron chi connectivity index (χ0n) is 9.51. The second-order valence-electron chi connectivity index (χ2n) is 3.65. The molecule has 0 spiro atoms. The molecule has 18 heavy (non-hydrogen) atoms. The molecule has 4 nitrogen and oxygen atoms in total. The highest BCUT2D eigenvalue weighted by atomic mass is 32.2. The molecule has 0 bridgehead atoms. The normalized spacial score (nSPS) is 10.5. The van der Waals surface area contributed by atoms with E-state index in [2.05, 4.69) is 0 Å². The molecule has 0 saturated heterocycles. The minimum Gasteiger partial charge on any atom is -0.478 e.